The van der Waals surface area contributed by atoms with Gasteiger partial charge in [-0.1, -0.05) is 6.92 Å². The van der Waals surface area contributed by atoms with Gasteiger partial charge in [0, 0.05) is 36.7 Å². The van der Waals surface area contributed by atoms with Crippen LogP contribution in [-0.2, 0) is 10.0 Å². The third kappa shape index (κ3) is 4.15. The van der Waals surface area contributed by atoms with Crippen molar-refractivity contribution in [1.82, 2.24) is 9.21 Å². The molecule has 2 aromatic rings. The van der Waals surface area contributed by atoms with Gasteiger partial charge in [-0.25, -0.2) is 8.42 Å². The maximum absolute atomic E-state index is 12.8. The molecule has 6 nitrogen and oxygen atoms in total. The zero-order valence-electron chi connectivity index (χ0n) is 14.9. The van der Waals surface area contributed by atoms with E-state index in [-0.39, 0.29) is 10.8 Å². The number of anilines is 1. The molecule has 1 saturated heterocycles. The van der Waals surface area contributed by atoms with E-state index in [0.717, 1.165) is 24.5 Å². The maximum Gasteiger partial charge on any atom is 0.265 e. The molecule has 1 aliphatic heterocycles. The molecule has 1 N–H and O–H groups in total. The fourth-order valence-corrected chi connectivity index (χ4v) is 5.08. The summed E-state index contributed by atoms with van der Waals surface area (Å²) in [4.78, 5) is 16.4. The van der Waals surface area contributed by atoms with Crippen molar-refractivity contribution in [1.29, 1.82) is 0 Å². The minimum absolute atomic E-state index is 0.186. The predicted molar refractivity (Wildman–Crippen MR) is 104 cm³/mol. The second-order valence-corrected chi connectivity index (χ2v) is 9.45. The first-order valence-corrected chi connectivity index (χ1v) is 10.9. The number of rotatable bonds is 5. The van der Waals surface area contributed by atoms with E-state index in [1.807, 2.05) is 13.0 Å². The summed E-state index contributed by atoms with van der Waals surface area (Å²) in [7, 11) is -3.49. The lowest BCUT2D eigenvalue weighted by atomic mass is 10.3. The summed E-state index contributed by atoms with van der Waals surface area (Å²) in [6, 6.07) is 10.0. The molecular weight excluding hydrogens is 370 g/mol. The SMILES string of the molecule is CCN1CCN(S(=O)(=O)c2ccc(NC(=O)c3ccc(C)s3)cc2)CC1. The van der Waals surface area contributed by atoms with E-state index in [4.69, 9.17) is 0 Å². The lowest BCUT2D eigenvalue weighted by Crippen LogP contribution is -2.48. The van der Waals surface area contributed by atoms with E-state index in [0.29, 0.717) is 23.7 Å². The fourth-order valence-electron chi connectivity index (χ4n) is 2.89. The first kappa shape index (κ1) is 19.0. The maximum atomic E-state index is 12.8. The van der Waals surface area contributed by atoms with Gasteiger partial charge in [0.1, 0.15) is 0 Å². The van der Waals surface area contributed by atoms with Crippen LogP contribution in [0.1, 0.15) is 21.5 Å². The van der Waals surface area contributed by atoms with E-state index < -0.39 is 10.0 Å². The van der Waals surface area contributed by atoms with Crippen molar-refractivity contribution in [2.45, 2.75) is 18.7 Å². The van der Waals surface area contributed by atoms with Crippen LogP contribution in [0, 0.1) is 6.92 Å². The van der Waals surface area contributed by atoms with Crippen molar-refractivity contribution < 1.29 is 13.2 Å². The van der Waals surface area contributed by atoms with Gasteiger partial charge in [-0.3, -0.25) is 4.79 Å². The van der Waals surface area contributed by atoms with E-state index in [1.54, 1.807) is 30.3 Å². The highest BCUT2D eigenvalue weighted by molar-refractivity contribution is 7.89. The number of carbonyl (C=O) groups excluding carboxylic acids is 1. The summed E-state index contributed by atoms with van der Waals surface area (Å²) >= 11 is 1.42. The van der Waals surface area contributed by atoms with Crippen LogP contribution in [0.25, 0.3) is 0 Å². The van der Waals surface area contributed by atoms with Crippen molar-refractivity contribution in [2.24, 2.45) is 0 Å². The first-order valence-electron chi connectivity index (χ1n) is 8.60. The molecule has 0 saturated carbocycles. The number of amides is 1. The summed E-state index contributed by atoms with van der Waals surface area (Å²) in [5.41, 5.74) is 0.579. The molecule has 1 aromatic heterocycles. The third-order valence-electron chi connectivity index (χ3n) is 4.49. The molecule has 0 atom stereocenters. The third-order valence-corrected chi connectivity index (χ3v) is 7.40. The van der Waals surface area contributed by atoms with Crippen LogP contribution in [0.2, 0.25) is 0 Å². The molecule has 1 aliphatic rings. The lowest BCUT2D eigenvalue weighted by molar-refractivity contribution is 0.103. The molecular formula is C18H23N3O3S2. The zero-order chi connectivity index (χ0) is 18.7. The van der Waals surface area contributed by atoms with E-state index in [2.05, 4.69) is 17.1 Å². The number of nitrogens with zero attached hydrogens (tertiary/aromatic N) is 2. The molecule has 0 radical (unpaired) electrons. The highest BCUT2D eigenvalue weighted by atomic mass is 32.2. The molecule has 1 amide bonds. The first-order chi connectivity index (χ1) is 12.4. The van der Waals surface area contributed by atoms with Crippen molar-refractivity contribution in [3.8, 4) is 0 Å². The van der Waals surface area contributed by atoms with Crippen LogP contribution in [0.3, 0.4) is 0 Å². The van der Waals surface area contributed by atoms with Crippen LogP contribution in [0.5, 0.6) is 0 Å². The van der Waals surface area contributed by atoms with E-state index in [1.165, 1.54) is 15.6 Å². The van der Waals surface area contributed by atoms with Gasteiger partial charge in [-0.2, -0.15) is 4.31 Å². The number of benzene rings is 1. The Morgan fingerprint density at radius 1 is 1.08 bits per heavy atom. The van der Waals surface area contributed by atoms with Gasteiger partial charge in [0.05, 0.1) is 9.77 Å². The van der Waals surface area contributed by atoms with Crippen LogP contribution in [0.4, 0.5) is 5.69 Å². The van der Waals surface area contributed by atoms with Crippen molar-refractivity contribution in [3.05, 3.63) is 46.2 Å². The number of carbonyl (C=O) groups is 1. The number of aryl methyl sites for hydroxylation is 1. The Kier molecular flexibility index (Phi) is 5.76. The second-order valence-electron chi connectivity index (χ2n) is 6.23. The van der Waals surface area contributed by atoms with Gasteiger partial charge >= 0.3 is 0 Å². The van der Waals surface area contributed by atoms with Crippen LogP contribution < -0.4 is 5.32 Å². The van der Waals surface area contributed by atoms with E-state index >= 15 is 0 Å². The predicted octanol–water partition coefficient (Wildman–Crippen LogP) is 2.64. The largest absolute Gasteiger partial charge is 0.321 e. The molecule has 3 rings (SSSR count). The molecule has 0 bridgehead atoms. The lowest BCUT2D eigenvalue weighted by Gasteiger charge is -2.33. The molecule has 0 aliphatic carbocycles. The van der Waals surface area contributed by atoms with E-state index in [9.17, 15) is 13.2 Å². The van der Waals surface area contributed by atoms with Crippen LogP contribution in [0.15, 0.2) is 41.3 Å². The minimum atomic E-state index is -3.49. The van der Waals surface area contributed by atoms with Crippen molar-refractivity contribution in [2.75, 3.05) is 38.0 Å². The molecule has 1 fully saturated rings. The average Bonchev–Trinajstić information content (AvgIpc) is 3.09. The smallest absolute Gasteiger partial charge is 0.265 e. The summed E-state index contributed by atoms with van der Waals surface area (Å²) in [6.45, 7) is 7.48. The Morgan fingerprint density at radius 2 is 1.73 bits per heavy atom. The monoisotopic (exact) mass is 393 g/mol. The Labute approximate surface area is 158 Å². The zero-order valence-corrected chi connectivity index (χ0v) is 16.6. The fraction of sp³-hybridized carbons (Fsp3) is 0.389. The molecule has 0 spiro atoms. The summed E-state index contributed by atoms with van der Waals surface area (Å²) in [5.74, 6) is -0.186. The number of likely N-dealkylation sites (N-methyl/N-ethyl adjacent to an activating group) is 1. The molecule has 0 unspecified atom stereocenters. The average molecular weight is 394 g/mol. The minimum Gasteiger partial charge on any atom is -0.321 e. The number of hydrogen-bond acceptors (Lipinski definition) is 5. The Balaban J connectivity index is 1.68. The number of nitrogens with one attached hydrogen (secondary N) is 1. The molecule has 1 aromatic carbocycles. The quantitative estimate of drug-likeness (QED) is 0.848. The van der Waals surface area contributed by atoms with Gasteiger partial charge < -0.3 is 10.2 Å². The van der Waals surface area contributed by atoms with Gasteiger partial charge in [-0.15, -0.1) is 11.3 Å². The van der Waals surface area contributed by atoms with Gasteiger partial charge in [0.25, 0.3) is 5.91 Å². The van der Waals surface area contributed by atoms with Crippen molar-refractivity contribution >= 4 is 33.0 Å². The number of piperazine rings is 1. The van der Waals surface area contributed by atoms with Crippen LogP contribution >= 0.6 is 11.3 Å². The highest BCUT2D eigenvalue weighted by Gasteiger charge is 2.27. The molecule has 8 heteroatoms. The second kappa shape index (κ2) is 7.87. The number of sulfonamides is 1. The number of hydrogen-bond donors (Lipinski definition) is 1. The summed E-state index contributed by atoms with van der Waals surface area (Å²) in [6.07, 6.45) is 0. The Morgan fingerprint density at radius 3 is 2.27 bits per heavy atom. The Hall–Kier alpha value is -1.74. The standard InChI is InChI=1S/C18H23N3O3S2/c1-3-20-10-12-21(13-11-20)26(23,24)16-7-5-15(6-8-16)19-18(22)17-9-4-14(2)25-17/h4-9H,3,10-13H2,1-2H3,(H,19,22). The molecule has 26 heavy (non-hydrogen) atoms. The van der Waals surface area contributed by atoms with Gasteiger partial charge in [-0.05, 0) is 49.9 Å². The number of thiophene rings is 1. The van der Waals surface area contributed by atoms with Gasteiger partial charge in [0.2, 0.25) is 10.0 Å². The van der Waals surface area contributed by atoms with Crippen molar-refractivity contribution in [3.63, 3.8) is 0 Å². The molecule has 140 valence electrons. The summed E-state index contributed by atoms with van der Waals surface area (Å²) < 4.78 is 27.1. The van der Waals surface area contributed by atoms with Gasteiger partial charge in [0.15, 0.2) is 0 Å². The van der Waals surface area contributed by atoms with Crippen LogP contribution in [-0.4, -0.2) is 56.3 Å². The normalized spacial score (nSPS) is 16.5. The highest BCUT2D eigenvalue weighted by Crippen LogP contribution is 2.21. The topological polar surface area (TPSA) is 69.7 Å². The Bertz CT molecular complexity index is 867. The summed E-state index contributed by atoms with van der Waals surface area (Å²) in [5, 5.41) is 2.80. The molecule has 2 heterocycles.